The average molecular weight is 334 g/mol. The molecule has 0 atom stereocenters. The zero-order valence-corrected chi connectivity index (χ0v) is 13.5. The summed E-state index contributed by atoms with van der Waals surface area (Å²) < 4.78 is 1.98. The second kappa shape index (κ2) is 5.63. The molecule has 1 aromatic heterocycles. The van der Waals surface area contributed by atoms with E-state index in [0.29, 0.717) is 21.3 Å². The molecule has 112 valence electrons. The minimum Gasteiger partial charge on any atom is -0.331 e. The number of aryl methyl sites for hydroxylation is 2. The molecule has 3 rings (SSSR count). The molecule has 0 unspecified atom stereocenters. The van der Waals surface area contributed by atoms with Crippen LogP contribution in [0.1, 0.15) is 16.2 Å². The van der Waals surface area contributed by atoms with Crippen molar-refractivity contribution in [2.45, 2.75) is 6.92 Å². The molecule has 0 bridgehead atoms. The highest BCUT2D eigenvalue weighted by molar-refractivity contribution is 6.42. The van der Waals surface area contributed by atoms with Gasteiger partial charge >= 0.3 is 0 Å². The number of aromatic nitrogens is 2. The van der Waals surface area contributed by atoms with Crippen molar-refractivity contribution in [3.05, 3.63) is 57.8 Å². The summed E-state index contributed by atoms with van der Waals surface area (Å²) in [4.78, 5) is 16.8. The molecule has 0 saturated heterocycles. The second-order valence-electron chi connectivity index (χ2n) is 5.00. The summed E-state index contributed by atoms with van der Waals surface area (Å²) in [6, 6.07) is 10.4. The third kappa shape index (κ3) is 2.67. The van der Waals surface area contributed by atoms with Crippen molar-refractivity contribution in [1.82, 2.24) is 9.55 Å². The molecule has 0 aliphatic heterocycles. The maximum absolute atomic E-state index is 12.3. The number of amides is 1. The lowest BCUT2D eigenvalue weighted by molar-refractivity contribution is 0.102. The highest BCUT2D eigenvalue weighted by Gasteiger charge is 2.11. The summed E-state index contributed by atoms with van der Waals surface area (Å²) in [5, 5.41) is 3.64. The minimum atomic E-state index is -0.219. The summed E-state index contributed by atoms with van der Waals surface area (Å²) in [6.07, 6.45) is 0. The molecular weight excluding hydrogens is 321 g/mol. The van der Waals surface area contributed by atoms with Crippen molar-refractivity contribution >= 4 is 45.8 Å². The van der Waals surface area contributed by atoms with Crippen molar-refractivity contribution in [2.75, 3.05) is 5.32 Å². The van der Waals surface area contributed by atoms with Crippen LogP contribution < -0.4 is 5.32 Å². The van der Waals surface area contributed by atoms with Crippen LogP contribution in [0.25, 0.3) is 11.0 Å². The summed E-state index contributed by atoms with van der Waals surface area (Å²) in [7, 11) is 1.94. The molecule has 2 aromatic carbocycles. The number of hydrogen-bond acceptors (Lipinski definition) is 2. The summed E-state index contributed by atoms with van der Waals surface area (Å²) >= 11 is 11.8. The molecule has 0 fully saturated rings. The Balaban J connectivity index is 1.89. The lowest BCUT2D eigenvalue weighted by Gasteiger charge is -2.06. The maximum atomic E-state index is 12.3. The van der Waals surface area contributed by atoms with Crippen LogP contribution in [-0.4, -0.2) is 15.5 Å². The van der Waals surface area contributed by atoms with Crippen LogP contribution in [0.4, 0.5) is 5.69 Å². The first kappa shape index (κ1) is 14.9. The Morgan fingerprint density at radius 3 is 2.64 bits per heavy atom. The van der Waals surface area contributed by atoms with Crippen molar-refractivity contribution in [2.24, 2.45) is 7.05 Å². The van der Waals surface area contributed by atoms with Crippen molar-refractivity contribution < 1.29 is 4.79 Å². The standard InChI is InChI=1S/C16H13Cl2N3O/c1-9-19-14-7-10(3-6-15(14)21(9)2)16(22)20-11-4-5-12(17)13(18)8-11/h3-8H,1-2H3,(H,20,22). The van der Waals surface area contributed by atoms with Gasteiger partial charge in [0.05, 0.1) is 21.1 Å². The van der Waals surface area contributed by atoms with Gasteiger partial charge in [0.15, 0.2) is 0 Å². The molecule has 4 nitrogen and oxygen atoms in total. The fourth-order valence-corrected chi connectivity index (χ4v) is 2.54. The fourth-order valence-electron chi connectivity index (χ4n) is 2.24. The highest BCUT2D eigenvalue weighted by atomic mass is 35.5. The van der Waals surface area contributed by atoms with Crippen LogP contribution >= 0.6 is 23.2 Å². The largest absolute Gasteiger partial charge is 0.331 e. The van der Waals surface area contributed by atoms with Gasteiger partial charge in [0.1, 0.15) is 5.82 Å². The first-order valence-corrected chi connectivity index (χ1v) is 7.41. The molecule has 0 aliphatic rings. The first-order valence-electron chi connectivity index (χ1n) is 6.65. The second-order valence-corrected chi connectivity index (χ2v) is 5.82. The number of anilines is 1. The van der Waals surface area contributed by atoms with E-state index in [9.17, 15) is 4.79 Å². The summed E-state index contributed by atoms with van der Waals surface area (Å²) in [6.45, 7) is 1.93. The van der Waals surface area contributed by atoms with Gasteiger partial charge in [-0.1, -0.05) is 23.2 Å². The van der Waals surface area contributed by atoms with Gasteiger partial charge in [-0.3, -0.25) is 4.79 Å². The molecule has 0 aliphatic carbocycles. The number of benzene rings is 2. The molecule has 1 amide bonds. The van der Waals surface area contributed by atoms with Crippen LogP contribution in [0.15, 0.2) is 36.4 Å². The van der Waals surface area contributed by atoms with Gasteiger partial charge in [0, 0.05) is 18.3 Å². The quantitative estimate of drug-likeness (QED) is 0.753. The highest BCUT2D eigenvalue weighted by Crippen LogP contribution is 2.25. The van der Waals surface area contributed by atoms with Gasteiger partial charge in [-0.2, -0.15) is 0 Å². The number of nitrogens with one attached hydrogen (secondary N) is 1. The van der Waals surface area contributed by atoms with Crippen molar-refractivity contribution in [3.8, 4) is 0 Å². The van der Waals surface area contributed by atoms with E-state index in [4.69, 9.17) is 23.2 Å². The lowest BCUT2D eigenvalue weighted by atomic mass is 10.2. The van der Waals surface area contributed by atoms with E-state index in [0.717, 1.165) is 16.9 Å². The van der Waals surface area contributed by atoms with Crippen LogP contribution in [0.2, 0.25) is 10.0 Å². The van der Waals surface area contributed by atoms with Gasteiger partial charge in [-0.05, 0) is 43.3 Å². The number of carbonyl (C=O) groups excluding carboxylic acids is 1. The van der Waals surface area contributed by atoms with Gasteiger partial charge in [-0.15, -0.1) is 0 Å². The number of nitrogens with zero attached hydrogens (tertiary/aromatic N) is 2. The molecule has 1 heterocycles. The summed E-state index contributed by atoms with van der Waals surface area (Å²) in [5.74, 6) is 0.681. The van der Waals surface area contributed by atoms with Crippen LogP contribution in [0.3, 0.4) is 0 Å². The smallest absolute Gasteiger partial charge is 0.255 e. The monoisotopic (exact) mass is 333 g/mol. The zero-order chi connectivity index (χ0) is 15.9. The van der Waals surface area contributed by atoms with E-state index in [1.165, 1.54) is 0 Å². The number of halogens is 2. The lowest BCUT2D eigenvalue weighted by Crippen LogP contribution is -2.11. The Labute approximate surface area is 137 Å². The molecule has 6 heteroatoms. The maximum Gasteiger partial charge on any atom is 0.255 e. The number of imidazole rings is 1. The van der Waals surface area contributed by atoms with Crippen molar-refractivity contribution in [3.63, 3.8) is 0 Å². The average Bonchev–Trinajstić information content (AvgIpc) is 2.77. The van der Waals surface area contributed by atoms with Gasteiger partial charge < -0.3 is 9.88 Å². The molecular formula is C16H13Cl2N3O. The van der Waals surface area contributed by atoms with Crippen LogP contribution in [-0.2, 0) is 7.05 Å². The molecule has 0 saturated carbocycles. The van der Waals surface area contributed by atoms with Gasteiger partial charge in [-0.25, -0.2) is 4.98 Å². The number of carbonyl (C=O) groups is 1. The Morgan fingerprint density at radius 2 is 1.91 bits per heavy atom. The predicted molar refractivity (Wildman–Crippen MR) is 89.9 cm³/mol. The van der Waals surface area contributed by atoms with E-state index in [-0.39, 0.29) is 5.91 Å². The van der Waals surface area contributed by atoms with Crippen LogP contribution in [0, 0.1) is 6.92 Å². The van der Waals surface area contributed by atoms with Crippen molar-refractivity contribution in [1.29, 1.82) is 0 Å². The van der Waals surface area contributed by atoms with Gasteiger partial charge in [0.25, 0.3) is 5.91 Å². The minimum absolute atomic E-state index is 0.219. The third-order valence-electron chi connectivity index (χ3n) is 3.54. The van der Waals surface area contributed by atoms with E-state index in [1.54, 1.807) is 30.3 Å². The Kier molecular flexibility index (Phi) is 3.81. The van der Waals surface area contributed by atoms with Crippen LogP contribution in [0.5, 0.6) is 0 Å². The predicted octanol–water partition coefficient (Wildman–Crippen LogP) is 4.44. The summed E-state index contributed by atoms with van der Waals surface area (Å²) in [5.41, 5.74) is 2.92. The first-order chi connectivity index (χ1) is 10.5. The fraction of sp³-hybridized carbons (Fsp3) is 0.125. The molecule has 3 aromatic rings. The van der Waals surface area contributed by atoms with E-state index in [1.807, 2.05) is 24.6 Å². The molecule has 22 heavy (non-hydrogen) atoms. The molecule has 1 N–H and O–H groups in total. The molecule has 0 spiro atoms. The molecule has 0 radical (unpaired) electrons. The third-order valence-corrected chi connectivity index (χ3v) is 4.28. The number of fused-ring (bicyclic) bond motifs is 1. The Bertz CT molecular complexity index is 886. The topological polar surface area (TPSA) is 46.9 Å². The van der Waals surface area contributed by atoms with E-state index < -0.39 is 0 Å². The Hall–Kier alpha value is -2.04. The normalized spacial score (nSPS) is 10.9. The number of rotatable bonds is 2. The zero-order valence-electron chi connectivity index (χ0n) is 12.0. The van der Waals surface area contributed by atoms with E-state index in [2.05, 4.69) is 10.3 Å². The SMILES string of the molecule is Cc1nc2cc(C(=O)Nc3ccc(Cl)c(Cl)c3)ccc2n1C. The van der Waals surface area contributed by atoms with E-state index >= 15 is 0 Å². The van der Waals surface area contributed by atoms with Gasteiger partial charge in [0.2, 0.25) is 0 Å². The number of hydrogen-bond donors (Lipinski definition) is 1. The Morgan fingerprint density at radius 1 is 1.14 bits per heavy atom.